The number of benzene rings is 1. The molecule has 2 heterocycles. The lowest BCUT2D eigenvalue weighted by Crippen LogP contribution is -2.45. The quantitative estimate of drug-likeness (QED) is 0.613. The fourth-order valence-corrected chi connectivity index (χ4v) is 3.12. The van der Waals surface area contributed by atoms with Crippen LogP contribution in [0.2, 0.25) is 0 Å². The van der Waals surface area contributed by atoms with Crippen LogP contribution in [0.15, 0.2) is 24.3 Å². The Kier molecular flexibility index (Phi) is 6.28. The second-order valence-electron chi connectivity index (χ2n) is 6.58. The van der Waals surface area contributed by atoms with Gasteiger partial charge in [-0.2, -0.15) is 22.5 Å². The maximum absolute atomic E-state index is 13.6. The van der Waals surface area contributed by atoms with E-state index in [-0.39, 0.29) is 6.54 Å². The third-order valence-corrected chi connectivity index (χ3v) is 4.81. The molecule has 2 aromatic rings. The van der Waals surface area contributed by atoms with Crippen LogP contribution in [-0.2, 0) is 13.1 Å². The molecule has 1 aromatic carbocycles. The molecule has 0 amide bonds. The van der Waals surface area contributed by atoms with Crippen molar-refractivity contribution in [3.63, 3.8) is 0 Å². The van der Waals surface area contributed by atoms with Gasteiger partial charge in [0, 0.05) is 39.3 Å². The maximum atomic E-state index is 13.6. The van der Waals surface area contributed by atoms with Crippen molar-refractivity contribution in [1.82, 2.24) is 14.8 Å². The highest BCUT2D eigenvalue weighted by atomic mass is 19.2. The monoisotopic (exact) mass is 382 g/mol. The molecule has 0 atom stereocenters. The smallest absolute Gasteiger partial charge is 0.253 e. The molecule has 1 fully saturated rings. The maximum Gasteiger partial charge on any atom is 0.253 e. The third-order valence-electron chi connectivity index (χ3n) is 4.81. The predicted octanol–water partition coefficient (Wildman–Crippen LogP) is 3.39. The summed E-state index contributed by atoms with van der Waals surface area (Å²) in [4.78, 5) is 7.33. The van der Waals surface area contributed by atoms with Crippen LogP contribution in [-0.4, -0.2) is 47.5 Å². The molecular formula is C19H22F4N4. The molecule has 27 heavy (non-hydrogen) atoms. The Morgan fingerprint density at radius 2 is 1.37 bits per heavy atom. The Labute approximate surface area is 155 Å². The highest BCUT2D eigenvalue weighted by Crippen LogP contribution is 2.22. The van der Waals surface area contributed by atoms with E-state index in [0.29, 0.717) is 0 Å². The van der Waals surface area contributed by atoms with Crippen LogP contribution < -0.4 is 5.32 Å². The molecule has 8 heteroatoms. The fourth-order valence-electron chi connectivity index (χ4n) is 3.12. The molecule has 0 unspecified atom stereocenters. The van der Waals surface area contributed by atoms with Crippen LogP contribution in [0.1, 0.15) is 18.1 Å². The van der Waals surface area contributed by atoms with Crippen molar-refractivity contribution in [2.45, 2.75) is 20.0 Å². The Morgan fingerprint density at radius 1 is 0.852 bits per heavy atom. The van der Waals surface area contributed by atoms with Crippen LogP contribution in [0.25, 0.3) is 0 Å². The number of anilines is 1. The number of hydrogen-bond donors (Lipinski definition) is 1. The van der Waals surface area contributed by atoms with Crippen molar-refractivity contribution in [2.75, 3.05) is 38.0 Å². The van der Waals surface area contributed by atoms with Crippen LogP contribution >= 0.6 is 0 Å². The summed E-state index contributed by atoms with van der Waals surface area (Å²) in [5.74, 6) is -6.40. The highest BCUT2D eigenvalue weighted by Gasteiger charge is 2.20. The van der Waals surface area contributed by atoms with Crippen molar-refractivity contribution in [1.29, 1.82) is 0 Å². The lowest BCUT2D eigenvalue weighted by molar-refractivity contribution is 0.132. The van der Waals surface area contributed by atoms with Gasteiger partial charge in [0.2, 0.25) is 11.6 Å². The van der Waals surface area contributed by atoms with Gasteiger partial charge in [0.15, 0.2) is 0 Å². The summed E-state index contributed by atoms with van der Waals surface area (Å²) in [6, 6.07) is 7.55. The first-order valence-electron chi connectivity index (χ1n) is 8.94. The SMILES string of the molecule is CCN1CCN(Cc2ccc(CNc3c(F)c(F)nc(F)c3F)cc2)CC1. The Hall–Kier alpha value is -2.19. The molecule has 1 N–H and O–H groups in total. The molecule has 0 bridgehead atoms. The number of piperazine rings is 1. The molecule has 0 aliphatic carbocycles. The second kappa shape index (κ2) is 8.67. The number of halogens is 4. The van der Waals surface area contributed by atoms with Gasteiger partial charge in [-0.15, -0.1) is 0 Å². The average Bonchev–Trinajstić information content (AvgIpc) is 2.68. The largest absolute Gasteiger partial charge is 0.376 e. The van der Waals surface area contributed by atoms with Gasteiger partial charge in [-0.25, -0.2) is 0 Å². The van der Waals surface area contributed by atoms with E-state index in [2.05, 4.69) is 27.0 Å². The number of nitrogens with one attached hydrogen (secondary N) is 1. The summed E-state index contributed by atoms with van der Waals surface area (Å²) < 4.78 is 53.5. The Balaban J connectivity index is 1.57. The van der Waals surface area contributed by atoms with Gasteiger partial charge >= 0.3 is 0 Å². The van der Waals surface area contributed by atoms with E-state index >= 15 is 0 Å². The summed E-state index contributed by atoms with van der Waals surface area (Å²) in [5.41, 5.74) is 1.03. The van der Waals surface area contributed by atoms with Gasteiger partial charge in [0.25, 0.3) is 11.9 Å². The summed E-state index contributed by atoms with van der Waals surface area (Å²) in [7, 11) is 0. The van der Waals surface area contributed by atoms with Crippen molar-refractivity contribution in [3.05, 3.63) is 58.9 Å². The van der Waals surface area contributed by atoms with Gasteiger partial charge in [0.05, 0.1) is 0 Å². The third kappa shape index (κ3) is 4.75. The van der Waals surface area contributed by atoms with Crippen molar-refractivity contribution < 1.29 is 17.6 Å². The molecule has 1 saturated heterocycles. The molecule has 1 aliphatic heterocycles. The van der Waals surface area contributed by atoms with Gasteiger partial charge in [-0.3, -0.25) is 4.90 Å². The second-order valence-corrected chi connectivity index (χ2v) is 6.58. The molecule has 0 spiro atoms. The van der Waals surface area contributed by atoms with Crippen molar-refractivity contribution in [2.24, 2.45) is 0 Å². The summed E-state index contributed by atoms with van der Waals surface area (Å²) in [5, 5.41) is 2.41. The number of aromatic nitrogens is 1. The molecule has 3 rings (SSSR count). The van der Waals surface area contributed by atoms with E-state index in [1.54, 1.807) is 0 Å². The summed E-state index contributed by atoms with van der Waals surface area (Å²) in [6.45, 7) is 8.28. The van der Waals surface area contributed by atoms with Crippen LogP contribution in [0.5, 0.6) is 0 Å². The minimum atomic E-state index is -1.67. The van der Waals surface area contributed by atoms with E-state index in [9.17, 15) is 17.6 Å². The first-order chi connectivity index (χ1) is 13.0. The van der Waals surface area contributed by atoms with Gasteiger partial charge in [0.1, 0.15) is 5.69 Å². The topological polar surface area (TPSA) is 31.4 Å². The first kappa shape index (κ1) is 19.6. The molecule has 1 aliphatic rings. The van der Waals surface area contributed by atoms with Gasteiger partial charge in [-0.05, 0) is 17.7 Å². The average molecular weight is 382 g/mol. The molecule has 0 radical (unpaired) electrons. The zero-order valence-corrected chi connectivity index (χ0v) is 15.1. The molecule has 146 valence electrons. The van der Waals surface area contributed by atoms with E-state index < -0.39 is 29.2 Å². The lowest BCUT2D eigenvalue weighted by Gasteiger charge is -2.34. The minimum Gasteiger partial charge on any atom is -0.376 e. The lowest BCUT2D eigenvalue weighted by atomic mass is 10.1. The zero-order valence-electron chi connectivity index (χ0n) is 15.1. The number of likely N-dealkylation sites (N-methyl/N-ethyl adjacent to an activating group) is 1. The van der Waals surface area contributed by atoms with E-state index in [0.717, 1.165) is 50.4 Å². The normalized spacial score (nSPS) is 15.9. The first-order valence-corrected chi connectivity index (χ1v) is 8.94. The van der Waals surface area contributed by atoms with E-state index in [1.807, 2.05) is 24.3 Å². The molecule has 0 saturated carbocycles. The molecule has 4 nitrogen and oxygen atoms in total. The summed E-state index contributed by atoms with van der Waals surface area (Å²) >= 11 is 0. The van der Waals surface area contributed by atoms with Gasteiger partial charge < -0.3 is 10.2 Å². The summed E-state index contributed by atoms with van der Waals surface area (Å²) in [6.07, 6.45) is 0. The predicted molar refractivity (Wildman–Crippen MR) is 95.2 cm³/mol. The van der Waals surface area contributed by atoms with E-state index in [4.69, 9.17) is 0 Å². The van der Waals surface area contributed by atoms with Crippen LogP contribution in [0.4, 0.5) is 23.2 Å². The van der Waals surface area contributed by atoms with E-state index in [1.165, 1.54) is 0 Å². The highest BCUT2D eigenvalue weighted by molar-refractivity contribution is 5.46. The van der Waals surface area contributed by atoms with Gasteiger partial charge in [-0.1, -0.05) is 31.2 Å². The number of pyridine rings is 1. The van der Waals surface area contributed by atoms with Crippen molar-refractivity contribution >= 4 is 5.69 Å². The molecule has 1 aromatic heterocycles. The zero-order chi connectivity index (χ0) is 19.4. The number of rotatable bonds is 6. The Bertz CT molecular complexity index is 748. The van der Waals surface area contributed by atoms with Crippen molar-refractivity contribution in [3.8, 4) is 0 Å². The van der Waals surface area contributed by atoms with Crippen LogP contribution in [0, 0.1) is 23.5 Å². The standard InChI is InChI=1S/C19H22F4N4/c1-2-26-7-9-27(10-8-26)12-14-5-3-13(4-6-14)11-24-17-15(20)18(22)25-19(23)16(17)21/h3-6H,2,7-12H2,1H3,(H,24,25). The molecular weight excluding hydrogens is 360 g/mol. The fraction of sp³-hybridized carbons (Fsp3) is 0.421. The Morgan fingerprint density at radius 3 is 1.93 bits per heavy atom. The van der Waals surface area contributed by atoms with Crippen LogP contribution in [0.3, 0.4) is 0 Å². The minimum absolute atomic E-state index is 0.0339. The number of nitrogens with zero attached hydrogens (tertiary/aromatic N) is 3. The number of hydrogen-bond acceptors (Lipinski definition) is 4.